The highest BCUT2D eigenvalue weighted by Gasteiger charge is 2.42. The second-order valence-corrected chi connectivity index (χ2v) is 8.42. The Labute approximate surface area is 193 Å². The van der Waals surface area contributed by atoms with Gasteiger partial charge in [-0.05, 0) is 36.2 Å². The van der Waals surface area contributed by atoms with Crippen molar-refractivity contribution in [3.63, 3.8) is 0 Å². The smallest absolute Gasteiger partial charge is 0.247 e. The largest absolute Gasteiger partial charge is 0.493 e. The van der Waals surface area contributed by atoms with Crippen LogP contribution in [0, 0.1) is 0 Å². The highest BCUT2D eigenvalue weighted by molar-refractivity contribution is 6.33. The summed E-state index contributed by atoms with van der Waals surface area (Å²) in [6, 6.07) is 13.1. The molecular formula is C24H28ClN3O4. The van der Waals surface area contributed by atoms with Crippen molar-refractivity contribution in [2.24, 2.45) is 0 Å². The Morgan fingerprint density at radius 2 is 1.69 bits per heavy atom. The van der Waals surface area contributed by atoms with Crippen LogP contribution in [0.4, 0.5) is 5.69 Å². The Balaban J connectivity index is 1.35. The summed E-state index contributed by atoms with van der Waals surface area (Å²) in [4.78, 5) is 31.4. The molecule has 2 aromatic carbocycles. The van der Waals surface area contributed by atoms with Crippen molar-refractivity contribution in [3.8, 4) is 11.5 Å². The summed E-state index contributed by atoms with van der Waals surface area (Å²) in [6.07, 6.45) is 0.821. The molecule has 0 saturated carbocycles. The molecule has 0 bridgehead atoms. The van der Waals surface area contributed by atoms with E-state index in [0.717, 1.165) is 42.5 Å². The highest BCUT2D eigenvalue weighted by atomic mass is 35.5. The zero-order valence-electron chi connectivity index (χ0n) is 18.4. The van der Waals surface area contributed by atoms with Gasteiger partial charge in [-0.25, -0.2) is 0 Å². The van der Waals surface area contributed by atoms with Gasteiger partial charge in [0.25, 0.3) is 0 Å². The number of nitrogens with zero attached hydrogens (tertiary/aromatic N) is 3. The summed E-state index contributed by atoms with van der Waals surface area (Å²) in [5, 5.41) is 0.731. The molecule has 0 aliphatic carbocycles. The SMILES string of the molecule is COc1ccc(CCN2C(=O)CC(N3CCN(c4ccccc4Cl)CC3)C2=O)cc1OC. The average Bonchev–Trinajstić information content (AvgIpc) is 3.11. The van der Waals surface area contributed by atoms with Gasteiger partial charge in [-0.15, -0.1) is 0 Å². The first-order valence-electron chi connectivity index (χ1n) is 10.8. The van der Waals surface area contributed by atoms with Gasteiger partial charge in [-0.3, -0.25) is 19.4 Å². The Morgan fingerprint density at radius 3 is 2.38 bits per heavy atom. The molecule has 2 fully saturated rings. The van der Waals surface area contributed by atoms with Crippen molar-refractivity contribution in [2.75, 3.05) is 51.8 Å². The van der Waals surface area contributed by atoms with E-state index in [1.165, 1.54) is 4.90 Å². The number of piperazine rings is 1. The third kappa shape index (κ3) is 4.54. The predicted molar refractivity (Wildman–Crippen MR) is 124 cm³/mol. The third-order valence-electron chi connectivity index (χ3n) is 6.24. The van der Waals surface area contributed by atoms with E-state index in [4.69, 9.17) is 21.1 Å². The molecule has 1 unspecified atom stereocenters. The van der Waals surface area contributed by atoms with Crippen LogP contribution >= 0.6 is 11.6 Å². The minimum Gasteiger partial charge on any atom is -0.493 e. The van der Waals surface area contributed by atoms with Gasteiger partial charge in [0.2, 0.25) is 11.8 Å². The van der Waals surface area contributed by atoms with Crippen molar-refractivity contribution >= 4 is 29.1 Å². The van der Waals surface area contributed by atoms with Crippen molar-refractivity contribution in [1.82, 2.24) is 9.80 Å². The normalized spacial score (nSPS) is 19.5. The average molecular weight is 458 g/mol. The van der Waals surface area contributed by atoms with Gasteiger partial charge in [-0.2, -0.15) is 0 Å². The lowest BCUT2D eigenvalue weighted by Gasteiger charge is -2.38. The van der Waals surface area contributed by atoms with Crippen LogP contribution in [-0.4, -0.2) is 74.6 Å². The number of para-hydroxylation sites is 1. The molecule has 8 heteroatoms. The molecule has 170 valence electrons. The van der Waals surface area contributed by atoms with E-state index in [1.807, 2.05) is 42.5 Å². The standard InChI is InChI=1S/C24H28ClN3O4/c1-31-21-8-7-17(15-22(21)32-2)9-10-28-23(29)16-20(24(28)30)27-13-11-26(12-14-27)19-6-4-3-5-18(19)25/h3-8,15,20H,9-14,16H2,1-2H3. The van der Waals surface area contributed by atoms with Gasteiger partial charge in [0.05, 0.1) is 37.4 Å². The molecule has 2 aromatic rings. The Hall–Kier alpha value is -2.77. The fourth-order valence-corrected chi connectivity index (χ4v) is 4.70. The van der Waals surface area contributed by atoms with Crippen LogP contribution in [0.2, 0.25) is 5.02 Å². The van der Waals surface area contributed by atoms with E-state index in [2.05, 4.69) is 9.80 Å². The molecule has 4 rings (SSSR count). The van der Waals surface area contributed by atoms with Crippen molar-refractivity contribution in [2.45, 2.75) is 18.9 Å². The molecule has 1 atom stereocenters. The first kappa shape index (κ1) is 22.4. The molecule has 7 nitrogen and oxygen atoms in total. The number of amides is 2. The van der Waals surface area contributed by atoms with Crippen LogP contribution in [0.25, 0.3) is 0 Å². The number of likely N-dealkylation sites (tertiary alicyclic amines) is 1. The number of imide groups is 1. The number of anilines is 1. The van der Waals surface area contributed by atoms with E-state index in [9.17, 15) is 9.59 Å². The zero-order chi connectivity index (χ0) is 22.7. The summed E-state index contributed by atoms with van der Waals surface area (Å²) in [5.41, 5.74) is 2.00. The van der Waals surface area contributed by atoms with Crippen LogP contribution in [0.3, 0.4) is 0 Å². The molecule has 0 N–H and O–H groups in total. The summed E-state index contributed by atoms with van der Waals surface area (Å²) >= 11 is 6.33. The molecule has 0 spiro atoms. The van der Waals surface area contributed by atoms with Crippen LogP contribution in [0.15, 0.2) is 42.5 Å². The highest BCUT2D eigenvalue weighted by Crippen LogP contribution is 2.29. The van der Waals surface area contributed by atoms with E-state index < -0.39 is 0 Å². The number of methoxy groups -OCH3 is 2. The Morgan fingerprint density at radius 1 is 0.969 bits per heavy atom. The predicted octanol–water partition coefficient (Wildman–Crippen LogP) is 2.85. The molecule has 2 aliphatic rings. The second-order valence-electron chi connectivity index (χ2n) is 8.02. The molecule has 0 radical (unpaired) electrons. The van der Waals surface area contributed by atoms with E-state index in [1.54, 1.807) is 14.2 Å². The second kappa shape index (κ2) is 9.79. The van der Waals surface area contributed by atoms with Crippen LogP contribution in [0.1, 0.15) is 12.0 Å². The molecule has 2 amide bonds. The zero-order valence-corrected chi connectivity index (χ0v) is 19.2. The number of ether oxygens (including phenoxy) is 2. The Kier molecular flexibility index (Phi) is 6.86. The van der Waals surface area contributed by atoms with Crippen LogP contribution in [-0.2, 0) is 16.0 Å². The number of carbonyl (C=O) groups excluding carboxylic acids is 2. The van der Waals surface area contributed by atoms with E-state index >= 15 is 0 Å². The van der Waals surface area contributed by atoms with Gasteiger partial charge >= 0.3 is 0 Å². The fraction of sp³-hybridized carbons (Fsp3) is 0.417. The van der Waals surface area contributed by atoms with Crippen molar-refractivity contribution in [1.29, 1.82) is 0 Å². The quantitative estimate of drug-likeness (QED) is 0.596. The lowest BCUT2D eigenvalue weighted by molar-refractivity contribution is -0.139. The van der Waals surface area contributed by atoms with Crippen LogP contribution < -0.4 is 14.4 Å². The van der Waals surface area contributed by atoms with Crippen LogP contribution in [0.5, 0.6) is 11.5 Å². The number of hydrogen-bond acceptors (Lipinski definition) is 6. The minimum absolute atomic E-state index is 0.0957. The summed E-state index contributed by atoms with van der Waals surface area (Å²) in [7, 11) is 3.18. The van der Waals surface area contributed by atoms with Gasteiger partial charge in [0.1, 0.15) is 0 Å². The first-order valence-corrected chi connectivity index (χ1v) is 11.2. The number of hydrogen-bond donors (Lipinski definition) is 0. The summed E-state index contributed by atoms with van der Waals surface area (Å²) in [5.74, 6) is 1.09. The number of carbonyl (C=O) groups is 2. The molecule has 2 aliphatic heterocycles. The maximum atomic E-state index is 13.0. The van der Waals surface area contributed by atoms with Gasteiger partial charge < -0.3 is 14.4 Å². The maximum Gasteiger partial charge on any atom is 0.247 e. The number of rotatable bonds is 7. The monoisotopic (exact) mass is 457 g/mol. The molecular weight excluding hydrogens is 430 g/mol. The van der Waals surface area contributed by atoms with E-state index in [-0.39, 0.29) is 24.3 Å². The fourth-order valence-electron chi connectivity index (χ4n) is 4.45. The van der Waals surface area contributed by atoms with E-state index in [0.29, 0.717) is 24.5 Å². The van der Waals surface area contributed by atoms with Gasteiger partial charge in [0, 0.05) is 32.7 Å². The number of benzene rings is 2. The first-order chi connectivity index (χ1) is 15.5. The molecule has 2 heterocycles. The van der Waals surface area contributed by atoms with Gasteiger partial charge in [0.15, 0.2) is 11.5 Å². The van der Waals surface area contributed by atoms with Crippen molar-refractivity contribution in [3.05, 3.63) is 53.1 Å². The molecule has 2 saturated heterocycles. The summed E-state index contributed by atoms with van der Waals surface area (Å²) in [6.45, 7) is 3.35. The molecule has 32 heavy (non-hydrogen) atoms. The minimum atomic E-state index is -0.374. The third-order valence-corrected chi connectivity index (χ3v) is 6.56. The number of halogens is 1. The van der Waals surface area contributed by atoms with Gasteiger partial charge in [-0.1, -0.05) is 29.8 Å². The topological polar surface area (TPSA) is 62.3 Å². The van der Waals surface area contributed by atoms with Crippen molar-refractivity contribution < 1.29 is 19.1 Å². The maximum absolute atomic E-state index is 13.0. The Bertz CT molecular complexity index is 991. The molecule has 0 aromatic heterocycles. The lowest BCUT2D eigenvalue weighted by Crippen LogP contribution is -2.52. The lowest BCUT2D eigenvalue weighted by atomic mass is 10.1. The summed E-state index contributed by atoms with van der Waals surface area (Å²) < 4.78 is 10.6.